The van der Waals surface area contributed by atoms with Crippen LogP contribution in [0.2, 0.25) is 0 Å². The second-order valence-corrected chi connectivity index (χ2v) is 6.72. The van der Waals surface area contributed by atoms with Crippen LogP contribution in [0.3, 0.4) is 0 Å². The molecule has 2 atom stereocenters. The summed E-state index contributed by atoms with van der Waals surface area (Å²) in [5, 5.41) is 5.80. The van der Waals surface area contributed by atoms with Crippen LogP contribution in [0.4, 0.5) is 11.4 Å². The molecule has 0 spiro atoms. The molecule has 7 nitrogen and oxygen atoms in total. The Morgan fingerprint density at radius 1 is 1.15 bits per heavy atom. The number of hydrogen-bond acceptors (Lipinski definition) is 6. The van der Waals surface area contributed by atoms with Gasteiger partial charge in [-0.05, 0) is 24.7 Å². The predicted octanol–water partition coefficient (Wildman–Crippen LogP) is 0.753. The maximum absolute atomic E-state index is 12.4. The third kappa shape index (κ3) is 3.65. The molecular formula is C19H26LrN4O3-2. The second kappa shape index (κ2) is 7.95. The Kier molecular flexibility index (Phi) is 5.90. The molecule has 2 amide bonds. The number of hydrogen-bond donors (Lipinski definition) is 2. The summed E-state index contributed by atoms with van der Waals surface area (Å²) in [4.78, 5) is 28.2. The minimum Gasteiger partial charge on any atom is -0.517 e. The molecule has 0 aromatic heterocycles. The number of carbonyl (C=O) groups excluding carboxylic acids is 2. The molecule has 8 heteroatoms. The predicted molar refractivity (Wildman–Crippen MR) is 101 cm³/mol. The van der Waals surface area contributed by atoms with E-state index in [4.69, 9.17) is 4.74 Å². The van der Waals surface area contributed by atoms with Gasteiger partial charge in [0.05, 0.1) is 11.4 Å². The number of nitrogens with zero attached hydrogens (tertiary/aromatic N) is 2. The molecule has 157 valence electrons. The first-order valence-electron chi connectivity index (χ1n) is 8.82. The number of piperazine rings is 1. The number of piperidine rings is 1. The van der Waals surface area contributed by atoms with E-state index in [1.54, 1.807) is 0 Å². The Morgan fingerprint density at radius 2 is 1.85 bits per heavy atom. The molecule has 4 rings (SSSR count). The van der Waals surface area contributed by atoms with Crippen molar-refractivity contribution in [2.45, 2.75) is 25.0 Å². The molecule has 2 fully saturated rings. The first-order chi connectivity index (χ1) is 12.1. The minimum atomic E-state index is -0.358. The van der Waals surface area contributed by atoms with E-state index < -0.39 is 0 Å². The normalized spacial score (nSPS) is 24.8. The molecule has 3 aliphatic heterocycles. The summed E-state index contributed by atoms with van der Waals surface area (Å²) in [5.74, 6) is 0.361. The Bertz CT molecular complexity index is 694. The Labute approximate surface area is 154 Å². The maximum Gasteiger partial charge on any atom is 0.249 e. The van der Waals surface area contributed by atoms with E-state index in [0.717, 1.165) is 43.3 Å². The zero-order valence-corrected chi connectivity index (χ0v) is 17.6. The van der Waals surface area contributed by atoms with E-state index in [2.05, 4.69) is 28.5 Å². The molecule has 0 bridgehead atoms. The van der Waals surface area contributed by atoms with Crippen LogP contribution < -0.4 is 25.2 Å². The van der Waals surface area contributed by atoms with E-state index in [1.165, 1.54) is 0 Å². The largest absolute Gasteiger partial charge is 0.517 e. The zero-order chi connectivity index (χ0) is 17.4. The van der Waals surface area contributed by atoms with Gasteiger partial charge in [-0.3, -0.25) is 14.9 Å². The van der Waals surface area contributed by atoms with Crippen LogP contribution in [0.25, 0.3) is 0 Å². The van der Waals surface area contributed by atoms with Crippen LogP contribution in [0.1, 0.15) is 12.8 Å². The minimum absolute atomic E-state index is 0. The van der Waals surface area contributed by atoms with Gasteiger partial charge in [0.15, 0.2) is 5.75 Å². The van der Waals surface area contributed by atoms with Crippen LogP contribution in [0.5, 0.6) is 5.75 Å². The molecule has 2 unspecified atom stereocenters. The van der Waals surface area contributed by atoms with Gasteiger partial charge in [0.2, 0.25) is 11.8 Å². The van der Waals surface area contributed by atoms with Gasteiger partial charge in [0.1, 0.15) is 6.04 Å². The first-order valence-corrected chi connectivity index (χ1v) is 8.82. The average Bonchev–Trinajstić information content (AvgIpc) is 2.61. The third-order valence-corrected chi connectivity index (χ3v) is 5.01. The third-order valence-electron chi connectivity index (χ3n) is 5.01. The number of carbonyl (C=O) groups is 2. The van der Waals surface area contributed by atoms with E-state index in [0.29, 0.717) is 19.4 Å². The van der Waals surface area contributed by atoms with Crippen LogP contribution in [0, 0.1) is 14.4 Å². The van der Waals surface area contributed by atoms with E-state index in [-0.39, 0.29) is 31.4 Å². The Morgan fingerprint density at radius 3 is 2.56 bits per heavy atom. The zero-order valence-electron chi connectivity index (χ0n) is 15.4. The van der Waals surface area contributed by atoms with Crippen molar-refractivity contribution in [3.8, 4) is 5.75 Å². The number of imide groups is 1. The Hall–Kier alpha value is -3.28. The molecule has 2 saturated heterocycles. The van der Waals surface area contributed by atoms with E-state index >= 15 is 0 Å². The summed E-state index contributed by atoms with van der Waals surface area (Å²) in [6.45, 7) is 8.32. The van der Waals surface area contributed by atoms with Gasteiger partial charge in [-0.2, -0.15) is 0 Å². The fourth-order valence-electron chi connectivity index (χ4n) is 3.81. The smallest absolute Gasteiger partial charge is 0.249 e. The number of para-hydroxylation sites is 1. The average molecular weight is 620 g/mol. The number of nitrogens with one attached hydrogen (secondary N) is 2. The summed E-state index contributed by atoms with van der Waals surface area (Å²) >= 11 is 0. The number of ether oxygens (including phenoxy) is 1. The van der Waals surface area contributed by atoms with Crippen LogP contribution >= 0.6 is 0 Å². The molecule has 0 saturated carbocycles. The fourth-order valence-corrected chi connectivity index (χ4v) is 3.81. The number of anilines is 2. The molecule has 1 radical (unpaired) electrons. The number of amides is 2. The molecule has 1 aromatic rings. The molecule has 3 aliphatic rings. The van der Waals surface area contributed by atoms with Gasteiger partial charge in [-0.25, -0.2) is 0 Å². The van der Waals surface area contributed by atoms with Crippen molar-refractivity contribution in [3.05, 3.63) is 32.5 Å². The second-order valence-electron chi connectivity index (χ2n) is 6.72. The van der Waals surface area contributed by atoms with Crippen LogP contribution in [-0.2, 0) is 9.59 Å². The maximum atomic E-state index is 12.4. The monoisotopic (exact) mass is 620 g/mol. The van der Waals surface area contributed by atoms with Crippen LogP contribution in [0.15, 0.2) is 18.2 Å². The summed E-state index contributed by atoms with van der Waals surface area (Å²) < 4.78 is 6.08. The SMILES string of the molecule is [CH2-]C1CN(C2CCC(=O)NC2=O)c2cccc(N3CCNCC3)c2O1.[CH3-].[Lr]. The molecule has 1 aromatic carbocycles. The molecule has 27 heavy (non-hydrogen) atoms. The Balaban J connectivity index is 0.00000131. The van der Waals surface area contributed by atoms with Crippen molar-refractivity contribution >= 4 is 23.2 Å². The number of benzene rings is 1. The molecule has 2 N–H and O–H groups in total. The van der Waals surface area contributed by atoms with Gasteiger partial charge < -0.3 is 34.2 Å². The summed E-state index contributed by atoms with van der Waals surface area (Å²) in [6.07, 6.45) is 0.624. The van der Waals surface area contributed by atoms with Gasteiger partial charge in [0.25, 0.3) is 0 Å². The number of rotatable bonds is 2. The summed E-state index contributed by atoms with van der Waals surface area (Å²) in [6, 6.07) is 5.69. The topological polar surface area (TPSA) is 73.9 Å². The number of fused-ring (bicyclic) bond motifs is 1. The van der Waals surface area contributed by atoms with E-state index in [1.807, 2.05) is 17.0 Å². The molecular weight excluding hydrogens is 594 g/mol. The van der Waals surface area contributed by atoms with Crippen molar-refractivity contribution in [1.82, 2.24) is 10.6 Å². The van der Waals surface area contributed by atoms with Gasteiger partial charge in [-0.1, -0.05) is 6.07 Å². The van der Waals surface area contributed by atoms with Crippen molar-refractivity contribution < 1.29 is 14.3 Å². The van der Waals surface area contributed by atoms with Crippen molar-refractivity contribution in [2.24, 2.45) is 0 Å². The van der Waals surface area contributed by atoms with Crippen molar-refractivity contribution in [1.29, 1.82) is 0 Å². The molecule has 0 aliphatic carbocycles. The summed E-state index contributed by atoms with van der Waals surface area (Å²) in [5.41, 5.74) is 1.95. The first kappa shape index (κ1) is 20.0. The quantitative estimate of drug-likeness (QED) is 0.376. The van der Waals surface area contributed by atoms with Gasteiger partial charge in [0, 0.05) is 39.1 Å². The van der Waals surface area contributed by atoms with Gasteiger partial charge in [-0.15, -0.1) is 0 Å². The summed E-state index contributed by atoms with van der Waals surface area (Å²) in [7, 11) is 0. The van der Waals surface area contributed by atoms with E-state index in [9.17, 15) is 9.59 Å². The van der Waals surface area contributed by atoms with Crippen molar-refractivity contribution in [2.75, 3.05) is 42.5 Å². The molecule has 3 heterocycles. The van der Waals surface area contributed by atoms with Crippen molar-refractivity contribution in [3.63, 3.8) is 0 Å². The van der Waals surface area contributed by atoms with Crippen LogP contribution in [-0.4, -0.2) is 56.7 Å². The van der Waals surface area contributed by atoms with Gasteiger partial charge >= 0.3 is 0 Å². The standard InChI is InChI=1S/C18H23N4O3.CH3.Lr/c1-12-11-22(15-5-6-16(23)20-18(15)24)14-4-2-3-13(17(14)25-12)21-9-7-19-8-10-21;;/h2-4,12,15,19H,1,5-11H2,(H,20,23,24);1H3;/q2*-1;. The fraction of sp³-hybridized carbons (Fsp3) is 0.474.